The van der Waals surface area contributed by atoms with E-state index in [0.717, 1.165) is 12.8 Å². The molecule has 0 radical (unpaired) electrons. The Kier molecular flexibility index (Phi) is 3.91. The van der Waals surface area contributed by atoms with Gasteiger partial charge in [-0.05, 0) is 12.8 Å². The zero-order valence-corrected chi connectivity index (χ0v) is 10.0. The van der Waals surface area contributed by atoms with Gasteiger partial charge in [0.15, 0.2) is 0 Å². The molecule has 7 nitrogen and oxygen atoms in total. The van der Waals surface area contributed by atoms with Crippen LogP contribution in [-0.2, 0) is 16.1 Å². The van der Waals surface area contributed by atoms with Gasteiger partial charge in [0, 0.05) is 19.0 Å². The molecule has 0 spiro atoms. The summed E-state index contributed by atoms with van der Waals surface area (Å²) in [6.07, 6.45) is 5.02. The molecule has 1 aliphatic rings. The van der Waals surface area contributed by atoms with Gasteiger partial charge in [-0.1, -0.05) is 0 Å². The minimum absolute atomic E-state index is 0.00532. The van der Waals surface area contributed by atoms with Crippen molar-refractivity contribution in [1.82, 2.24) is 19.7 Å². The first-order valence-corrected chi connectivity index (χ1v) is 6.00. The Bertz CT molecular complexity index is 418. The van der Waals surface area contributed by atoms with E-state index in [1.54, 1.807) is 15.9 Å². The fraction of sp³-hybridized carbons (Fsp3) is 0.636. The summed E-state index contributed by atoms with van der Waals surface area (Å²) in [7, 11) is 0. The summed E-state index contributed by atoms with van der Waals surface area (Å²) in [6.45, 7) is 1.14. The van der Waals surface area contributed by atoms with Gasteiger partial charge in [0.05, 0.1) is 13.0 Å². The normalized spacial score (nSPS) is 19.1. The minimum Gasteiger partial charge on any atom is -0.481 e. The number of hydrogen-bond donors (Lipinski definition) is 1. The molecule has 0 saturated carbocycles. The topological polar surface area (TPSA) is 88.3 Å². The lowest BCUT2D eigenvalue weighted by molar-refractivity contribution is -0.140. The maximum absolute atomic E-state index is 12.0. The number of nitrogens with zero attached hydrogens (tertiary/aromatic N) is 4. The van der Waals surface area contributed by atoms with E-state index in [1.165, 1.54) is 6.33 Å². The van der Waals surface area contributed by atoms with Crippen molar-refractivity contribution in [2.24, 2.45) is 0 Å². The van der Waals surface area contributed by atoms with Crippen molar-refractivity contribution in [3.8, 4) is 0 Å². The van der Waals surface area contributed by atoms with Crippen LogP contribution in [0.25, 0.3) is 0 Å². The first-order chi connectivity index (χ1) is 8.66. The van der Waals surface area contributed by atoms with Crippen molar-refractivity contribution >= 4 is 11.9 Å². The highest BCUT2D eigenvalue weighted by molar-refractivity contribution is 5.78. The summed E-state index contributed by atoms with van der Waals surface area (Å²) in [5.41, 5.74) is 0. The first kappa shape index (κ1) is 12.5. The van der Waals surface area contributed by atoms with Crippen molar-refractivity contribution in [3.05, 3.63) is 12.7 Å². The number of carbonyl (C=O) groups excluding carboxylic acids is 1. The van der Waals surface area contributed by atoms with Gasteiger partial charge in [-0.3, -0.25) is 14.3 Å². The number of carboxylic acids is 1. The van der Waals surface area contributed by atoms with E-state index in [0.29, 0.717) is 19.5 Å². The number of aromatic nitrogens is 3. The summed E-state index contributed by atoms with van der Waals surface area (Å²) in [5.74, 6) is -0.856. The number of aryl methyl sites for hydroxylation is 1. The Balaban J connectivity index is 1.85. The van der Waals surface area contributed by atoms with Gasteiger partial charge in [-0.25, -0.2) is 4.98 Å². The molecule has 1 unspecified atom stereocenters. The Morgan fingerprint density at radius 2 is 2.28 bits per heavy atom. The molecule has 98 valence electrons. The lowest BCUT2D eigenvalue weighted by Crippen LogP contribution is -2.37. The zero-order chi connectivity index (χ0) is 13.0. The molecule has 1 fully saturated rings. The highest BCUT2D eigenvalue weighted by Crippen LogP contribution is 2.21. The number of likely N-dealkylation sites (tertiary alicyclic amines) is 1. The fourth-order valence-electron chi connectivity index (χ4n) is 2.28. The third-order valence-corrected chi connectivity index (χ3v) is 3.13. The zero-order valence-electron chi connectivity index (χ0n) is 10.0. The smallest absolute Gasteiger partial charge is 0.305 e. The molecule has 2 rings (SSSR count). The average Bonchev–Trinajstić information content (AvgIpc) is 2.95. The Morgan fingerprint density at radius 1 is 1.44 bits per heavy atom. The monoisotopic (exact) mass is 252 g/mol. The SMILES string of the molecule is O=C(O)CC1CCCN1C(=O)CCn1cncn1. The van der Waals surface area contributed by atoms with Crippen LogP contribution in [0.15, 0.2) is 12.7 Å². The first-order valence-electron chi connectivity index (χ1n) is 6.00. The maximum atomic E-state index is 12.0. The Morgan fingerprint density at radius 3 is 2.94 bits per heavy atom. The van der Waals surface area contributed by atoms with Gasteiger partial charge in [0.2, 0.25) is 5.91 Å². The molecule has 1 N–H and O–H groups in total. The molecule has 7 heteroatoms. The summed E-state index contributed by atoms with van der Waals surface area (Å²) < 4.78 is 1.60. The summed E-state index contributed by atoms with van der Waals surface area (Å²) in [6, 6.07) is -0.147. The average molecular weight is 252 g/mol. The van der Waals surface area contributed by atoms with E-state index in [9.17, 15) is 9.59 Å². The molecule has 1 saturated heterocycles. The van der Waals surface area contributed by atoms with Crippen LogP contribution in [0.1, 0.15) is 25.7 Å². The maximum Gasteiger partial charge on any atom is 0.305 e. The lowest BCUT2D eigenvalue weighted by Gasteiger charge is -2.23. The van der Waals surface area contributed by atoms with Gasteiger partial charge < -0.3 is 10.0 Å². The number of carbonyl (C=O) groups is 2. The third kappa shape index (κ3) is 3.06. The van der Waals surface area contributed by atoms with Gasteiger partial charge in [-0.2, -0.15) is 5.10 Å². The second-order valence-electron chi connectivity index (χ2n) is 4.39. The number of hydrogen-bond acceptors (Lipinski definition) is 4. The molecular formula is C11H16N4O3. The molecule has 1 aromatic rings. The van der Waals surface area contributed by atoms with Crippen LogP contribution in [0, 0.1) is 0 Å². The molecule has 0 aromatic carbocycles. The van der Waals surface area contributed by atoms with Crippen LogP contribution in [-0.4, -0.2) is 49.2 Å². The molecule has 1 atom stereocenters. The molecular weight excluding hydrogens is 236 g/mol. The van der Waals surface area contributed by atoms with Crippen molar-refractivity contribution in [3.63, 3.8) is 0 Å². The van der Waals surface area contributed by atoms with Gasteiger partial charge in [0.1, 0.15) is 12.7 Å². The second kappa shape index (κ2) is 5.61. The van der Waals surface area contributed by atoms with Crippen molar-refractivity contribution in [2.75, 3.05) is 6.54 Å². The van der Waals surface area contributed by atoms with Crippen LogP contribution in [0.2, 0.25) is 0 Å². The highest BCUT2D eigenvalue weighted by atomic mass is 16.4. The third-order valence-electron chi connectivity index (χ3n) is 3.13. The molecule has 0 aliphatic carbocycles. The quantitative estimate of drug-likeness (QED) is 0.805. The predicted octanol–water partition coefficient (Wildman–Crippen LogP) is 0.134. The standard InChI is InChI=1S/C11H16N4O3/c16-10(3-5-14-8-12-7-13-14)15-4-1-2-9(15)6-11(17)18/h7-9H,1-6H2,(H,17,18). The molecule has 1 aliphatic heterocycles. The van der Waals surface area contributed by atoms with E-state index in [2.05, 4.69) is 10.1 Å². The summed E-state index contributed by atoms with van der Waals surface area (Å²) in [5, 5.41) is 12.7. The Hall–Kier alpha value is -1.92. The van der Waals surface area contributed by atoms with Crippen molar-refractivity contribution in [1.29, 1.82) is 0 Å². The van der Waals surface area contributed by atoms with Crippen LogP contribution in [0.5, 0.6) is 0 Å². The number of rotatable bonds is 5. The van der Waals surface area contributed by atoms with Crippen LogP contribution < -0.4 is 0 Å². The second-order valence-corrected chi connectivity index (χ2v) is 4.39. The number of aliphatic carboxylic acids is 1. The van der Waals surface area contributed by atoms with Gasteiger partial charge >= 0.3 is 5.97 Å². The fourth-order valence-corrected chi connectivity index (χ4v) is 2.28. The summed E-state index contributed by atoms with van der Waals surface area (Å²) in [4.78, 5) is 28.2. The number of amides is 1. The van der Waals surface area contributed by atoms with E-state index >= 15 is 0 Å². The van der Waals surface area contributed by atoms with Crippen molar-refractivity contribution < 1.29 is 14.7 Å². The summed E-state index contributed by atoms with van der Waals surface area (Å²) >= 11 is 0. The molecule has 1 amide bonds. The van der Waals surface area contributed by atoms with Gasteiger partial charge in [0.25, 0.3) is 0 Å². The van der Waals surface area contributed by atoms with Crippen LogP contribution >= 0.6 is 0 Å². The lowest BCUT2D eigenvalue weighted by atomic mass is 10.1. The number of carboxylic acid groups (broad SMARTS) is 1. The van der Waals surface area contributed by atoms with E-state index < -0.39 is 5.97 Å². The highest BCUT2D eigenvalue weighted by Gasteiger charge is 2.29. The van der Waals surface area contributed by atoms with Crippen LogP contribution in [0.4, 0.5) is 0 Å². The van der Waals surface area contributed by atoms with E-state index in [1.807, 2.05) is 0 Å². The van der Waals surface area contributed by atoms with Crippen molar-refractivity contribution in [2.45, 2.75) is 38.3 Å². The van der Waals surface area contributed by atoms with E-state index in [4.69, 9.17) is 5.11 Å². The largest absolute Gasteiger partial charge is 0.481 e. The van der Waals surface area contributed by atoms with Gasteiger partial charge in [-0.15, -0.1) is 0 Å². The van der Waals surface area contributed by atoms with E-state index in [-0.39, 0.29) is 18.4 Å². The minimum atomic E-state index is -0.851. The molecule has 18 heavy (non-hydrogen) atoms. The van der Waals surface area contributed by atoms with Crippen LogP contribution in [0.3, 0.4) is 0 Å². The molecule has 1 aromatic heterocycles. The molecule has 0 bridgehead atoms. The Labute approximate surface area is 104 Å². The molecule has 2 heterocycles. The predicted molar refractivity (Wildman–Crippen MR) is 61.6 cm³/mol.